The minimum absolute atomic E-state index is 0.0357. The summed E-state index contributed by atoms with van der Waals surface area (Å²) >= 11 is 0. The molecule has 0 radical (unpaired) electrons. The Morgan fingerprint density at radius 2 is 2.29 bits per heavy atom. The molecule has 1 aromatic carbocycles. The highest BCUT2D eigenvalue weighted by atomic mass is 19.1. The molecule has 0 bridgehead atoms. The lowest BCUT2D eigenvalue weighted by Crippen LogP contribution is -2.23. The Kier molecular flexibility index (Phi) is 2.75. The Hall–Kier alpha value is -2.42. The van der Waals surface area contributed by atoms with Crippen LogP contribution in [-0.2, 0) is 13.6 Å². The molecule has 0 N–H and O–H groups in total. The molecule has 5 nitrogen and oxygen atoms in total. The van der Waals surface area contributed by atoms with Crippen LogP contribution < -0.4 is 5.69 Å². The maximum atomic E-state index is 13.1. The number of hydrogen-bond donors (Lipinski definition) is 0. The van der Waals surface area contributed by atoms with Crippen LogP contribution in [0.3, 0.4) is 0 Å². The van der Waals surface area contributed by atoms with Crippen LogP contribution in [0.5, 0.6) is 0 Å². The predicted molar refractivity (Wildman–Crippen MR) is 57.7 cm³/mol. The first-order valence-electron chi connectivity index (χ1n) is 4.89. The molecule has 0 amide bonds. The molecule has 2 rings (SSSR count). The van der Waals surface area contributed by atoms with Crippen molar-refractivity contribution in [1.82, 2.24) is 14.3 Å². The lowest BCUT2D eigenvalue weighted by molar-refractivity contribution is 0.617. The lowest BCUT2D eigenvalue weighted by atomic mass is 10.1. The first-order chi connectivity index (χ1) is 8.11. The van der Waals surface area contributed by atoms with Crippen molar-refractivity contribution in [2.45, 2.75) is 6.54 Å². The van der Waals surface area contributed by atoms with Crippen LogP contribution in [0.25, 0.3) is 0 Å². The van der Waals surface area contributed by atoms with Gasteiger partial charge >= 0.3 is 5.69 Å². The standard InChI is InChI=1S/C11H9FN4O/c1-15-7-14-16(11(15)17)6-8-2-3-10(12)9(4-8)5-13/h2-4,7H,6H2,1H3. The van der Waals surface area contributed by atoms with Gasteiger partial charge in [-0.3, -0.25) is 4.57 Å². The second-order valence-electron chi connectivity index (χ2n) is 3.61. The highest BCUT2D eigenvalue weighted by molar-refractivity contribution is 5.34. The van der Waals surface area contributed by atoms with Gasteiger partial charge in [-0.1, -0.05) is 6.07 Å². The van der Waals surface area contributed by atoms with E-state index in [0.29, 0.717) is 5.56 Å². The third kappa shape index (κ3) is 2.08. The molecule has 17 heavy (non-hydrogen) atoms. The summed E-state index contributed by atoms with van der Waals surface area (Å²) < 4.78 is 15.7. The summed E-state index contributed by atoms with van der Waals surface area (Å²) in [5.74, 6) is -0.565. The van der Waals surface area contributed by atoms with Crippen LogP contribution in [0.15, 0.2) is 29.3 Å². The van der Waals surface area contributed by atoms with Crippen molar-refractivity contribution in [3.8, 4) is 6.07 Å². The number of nitrogens with zero attached hydrogens (tertiary/aromatic N) is 4. The number of halogens is 1. The zero-order chi connectivity index (χ0) is 12.4. The molecule has 86 valence electrons. The average Bonchev–Trinajstić information content (AvgIpc) is 2.63. The fourth-order valence-corrected chi connectivity index (χ4v) is 1.46. The van der Waals surface area contributed by atoms with E-state index in [-0.39, 0.29) is 17.8 Å². The van der Waals surface area contributed by atoms with Crippen LogP contribution in [-0.4, -0.2) is 14.3 Å². The van der Waals surface area contributed by atoms with Crippen LogP contribution in [0.4, 0.5) is 4.39 Å². The summed E-state index contributed by atoms with van der Waals surface area (Å²) in [6.07, 6.45) is 1.40. The molecule has 0 aliphatic carbocycles. The van der Waals surface area contributed by atoms with Gasteiger partial charge in [-0.25, -0.2) is 13.9 Å². The maximum Gasteiger partial charge on any atom is 0.345 e. The van der Waals surface area contributed by atoms with Crippen LogP contribution in [0, 0.1) is 17.1 Å². The van der Waals surface area contributed by atoms with Crippen molar-refractivity contribution in [2.24, 2.45) is 7.05 Å². The highest BCUT2D eigenvalue weighted by Crippen LogP contribution is 2.09. The molecular weight excluding hydrogens is 223 g/mol. The van der Waals surface area contributed by atoms with E-state index in [9.17, 15) is 9.18 Å². The predicted octanol–water partition coefficient (Wildman–Crippen LogP) is 0.641. The summed E-state index contributed by atoms with van der Waals surface area (Å²) in [4.78, 5) is 11.5. The van der Waals surface area contributed by atoms with Gasteiger partial charge in [0.2, 0.25) is 0 Å². The Balaban J connectivity index is 2.35. The second kappa shape index (κ2) is 4.22. The Labute approximate surface area is 96.3 Å². The number of hydrogen-bond acceptors (Lipinski definition) is 3. The SMILES string of the molecule is Cn1cnn(Cc2ccc(F)c(C#N)c2)c1=O. The highest BCUT2D eigenvalue weighted by Gasteiger charge is 2.06. The summed E-state index contributed by atoms with van der Waals surface area (Å²) in [5, 5.41) is 12.6. The first kappa shape index (κ1) is 11.1. The summed E-state index contributed by atoms with van der Waals surface area (Å²) in [6, 6.07) is 5.90. The van der Waals surface area contributed by atoms with E-state index < -0.39 is 5.82 Å². The van der Waals surface area contributed by atoms with E-state index in [1.54, 1.807) is 13.1 Å². The molecule has 1 heterocycles. The zero-order valence-corrected chi connectivity index (χ0v) is 9.09. The monoisotopic (exact) mass is 232 g/mol. The van der Waals surface area contributed by atoms with Crippen molar-refractivity contribution < 1.29 is 4.39 Å². The fraction of sp³-hybridized carbons (Fsp3) is 0.182. The summed E-state index contributed by atoms with van der Waals surface area (Å²) in [5.41, 5.74) is 0.364. The molecule has 0 unspecified atom stereocenters. The van der Waals surface area contributed by atoms with Crippen molar-refractivity contribution >= 4 is 0 Å². The third-order valence-corrected chi connectivity index (χ3v) is 2.37. The third-order valence-electron chi connectivity index (χ3n) is 2.37. The lowest BCUT2D eigenvalue weighted by Gasteiger charge is -2.01. The van der Waals surface area contributed by atoms with Gasteiger partial charge in [0.15, 0.2) is 0 Å². The molecule has 2 aromatic rings. The molecule has 6 heteroatoms. The largest absolute Gasteiger partial charge is 0.345 e. The Bertz CT molecular complexity index is 650. The summed E-state index contributed by atoms with van der Waals surface area (Å²) in [6.45, 7) is 0.217. The maximum absolute atomic E-state index is 13.1. The summed E-state index contributed by atoms with van der Waals surface area (Å²) in [7, 11) is 1.59. The van der Waals surface area contributed by atoms with Crippen LogP contribution in [0.2, 0.25) is 0 Å². The average molecular weight is 232 g/mol. The molecule has 0 saturated heterocycles. The smallest absolute Gasteiger partial charge is 0.285 e. The van der Waals surface area contributed by atoms with Crippen molar-refractivity contribution in [2.75, 3.05) is 0 Å². The van der Waals surface area contributed by atoms with Crippen molar-refractivity contribution in [1.29, 1.82) is 5.26 Å². The Morgan fingerprint density at radius 1 is 1.53 bits per heavy atom. The van der Waals surface area contributed by atoms with Crippen molar-refractivity contribution in [3.05, 3.63) is 52.0 Å². The van der Waals surface area contributed by atoms with Gasteiger partial charge in [0, 0.05) is 7.05 Å². The first-order valence-corrected chi connectivity index (χ1v) is 4.89. The normalized spacial score (nSPS) is 10.2. The van der Waals surface area contributed by atoms with Crippen LogP contribution in [0.1, 0.15) is 11.1 Å². The van der Waals surface area contributed by atoms with Crippen LogP contribution >= 0.6 is 0 Å². The van der Waals surface area contributed by atoms with Gasteiger partial charge in [0.25, 0.3) is 0 Å². The minimum Gasteiger partial charge on any atom is -0.285 e. The molecule has 0 aliphatic heterocycles. The quantitative estimate of drug-likeness (QED) is 0.763. The topological polar surface area (TPSA) is 63.6 Å². The Morgan fingerprint density at radius 3 is 2.88 bits per heavy atom. The van der Waals surface area contributed by atoms with E-state index >= 15 is 0 Å². The van der Waals surface area contributed by atoms with E-state index in [4.69, 9.17) is 5.26 Å². The van der Waals surface area contributed by atoms with Gasteiger partial charge < -0.3 is 0 Å². The number of benzene rings is 1. The van der Waals surface area contributed by atoms with Gasteiger partial charge in [-0.05, 0) is 17.7 Å². The van der Waals surface area contributed by atoms with Gasteiger partial charge in [0.1, 0.15) is 18.2 Å². The number of nitriles is 1. The van der Waals surface area contributed by atoms with E-state index in [1.165, 1.54) is 33.8 Å². The second-order valence-corrected chi connectivity index (χ2v) is 3.61. The van der Waals surface area contributed by atoms with E-state index in [1.807, 2.05) is 0 Å². The number of rotatable bonds is 2. The fourth-order valence-electron chi connectivity index (χ4n) is 1.46. The van der Waals surface area contributed by atoms with Gasteiger partial charge in [-0.2, -0.15) is 10.4 Å². The number of aromatic nitrogens is 3. The molecule has 0 spiro atoms. The van der Waals surface area contributed by atoms with E-state index in [2.05, 4.69) is 5.10 Å². The minimum atomic E-state index is -0.565. The molecule has 0 atom stereocenters. The molecule has 0 saturated carbocycles. The van der Waals surface area contributed by atoms with Gasteiger partial charge in [-0.15, -0.1) is 0 Å². The van der Waals surface area contributed by atoms with E-state index in [0.717, 1.165) is 0 Å². The molecule has 1 aromatic heterocycles. The molecule has 0 aliphatic rings. The molecule has 0 fully saturated rings. The molecular formula is C11H9FN4O. The van der Waals surface area contributed by atoms with Gasteiger partial charge in [0.05, 0.1) is 12.1 Å². The van der Waals surface area contributed by atoms with Crippen molar-refractivity contribution in [3.63, 3.8) is 0 Å². The number of aryl methyl sites for hydroxylation is 1. The zero-order valence-electron chi connectivity index (χ0n) is 9.09.